The van der Waals surface area contributed by atoms with Crippen LogP contribution in [-0.2, 0) is 9.59 Å². The first kappa shape index (κ1) is 15.6. The van der Waals surface area contributed by atoms with E-state index in [-0.39, 0.29) is 24.7 Å². The fourth-order valence-electron chi connectivity index (χ4n) is 1.21. The highest BCUT2D eigenvalue weighted by Gasteiger charge is 2.06. The van der Waals surface area contributed by atoms with Gasteiger partial charge in [0.2, 0.25) is 11.8 Å². The van der Waals surface area contributed by atoms with Crippen molar-refractivity contribution in [2.75, 3.05) is 5.32 Å². The van der Waals surface area contributed by atoms with Gasteiger partial charge in [0, 0.05) is 27.8 Å². The first-order chi connectivity index (χ1) is 8.97. The molecule has 0 spiro atoms. The van der Waals surface area contributed by atoms with Crippen LogP contribution in [0, 0.1) is 3.57 Å². The van der Waals surface area contributed by atoms with Crippen molar-refractivity contribution in [3.8, 4) is 0 Å². The lowest BCUT2D eigenvalue weighted by Gasteiger charge is -2.05. The maximum absolute atomic E-state index is 11.6. The molecule has 0 aliphatic heterocycles. The zero-order valence-corrected chi connectivity index (χ0v) is 13.0. The predicted molar refractivity (Wildman–Crippen MR) is 83.9 cm³/mol. The summed E-state index contributed by atoms with van der Waals surface area (Å²) in [4.78, 5) is 23.0. The zero-order chi connectivity index (χ0) is 14.3. The molecule has 102 valence electrons. The second-order valence-electron chi connectivity index (χ2n) is 4.15. The van der Waals surface area contributed by atoms with Crippen LogP contribution in [0.4, 0.5) is 5.69 Å². The molecule has 2 amide bonds. The molecule has 2 N–H and O–H groups in total. The van der Waals surface area contributed by atoms with Crippen molar-refractivity contribution in [2.24, 2.45) is 5.10 Å². The van der Waals surface area contributed by atoms with Crippen LogP contribution in [-0.4, -0.2) is 17.5 Å². The SMILES string of the molecule is CC(C)=NNC(=O)CCC(=O)Nc1ccc(I)cc1. The smallest absolute Gasteiger partial charge is 0.240 e. The maximum Gasteiger partial charge on any atom is 0.240 e. The Balaban J connectivity index is 2.34. The van der Waals surface area contributed by atoms with E-state index in [0.29, 0.717) is 0 Å². The topological polar surface area (TPSA) is 70.6 Å². The summed E-state index contributed by atoms with van der Waals surface area (Å²) in [5.74, 6) is -0.451. The summed E-state index contributed by atoms with van der Waals surface area (Å²) in [5, 5.41) is 6.51. The number of carbonyl (C=O) groups is 2. The number of hydrogen-bond acceptors (Lipinski definition) is 3. The number of carbonyl (C=O) groups excluding carboxylic acids is 2. The lowest BCUT2D eigenvalue weighted by Crippen LogP contribution is -2.21. The number of nitrogens with one attached hydrogen (secondary N) is 2. The van der Waals surface area contributed by atoms with Crippen LogP contribution in [0.3, 0.4) is 0 Å². The Labute approximate surface area is 126 Å². The van der Waals surface area contributed by atoms with Crippen molar-refractivity contribution in [3.05, 3.63) is 27.8 Å². The van der Waals surface area contributed by atoms with Gasteiger partial charge in [-0.25, -0.2) is 5.43 Å². The molecule has 0 aliphatic carbocycles. The van der Waals surface area contributed by atoms with E-state index in [1.807, 2.05) is 24.3 Å². The predicted octanol–water partition coefficient (Wildman–Crippen LogP) is 2.52. The normalized spacial score (nSPS) is 9.63. The van der Waals surface area contributed by atoms with Gasteiger partial charge in [0.05, 0.1) is 0 Å². The van der Waals surface area contributed by atoms with Crippen molar-refractivity contribution >= 4 is 45.8 Å². The minimum atomic E-state index is -0.265. The van der Waals surface area contributed by atoms with Gasteiger partial charge in [-0.2, -0.15) is 5.10 Å². The molecular weight excluding hydrogens is 357 g/mol. The second-order valence-corrected chi connectivity index (χ2v) is 5.39. The van der Waals surface area contributed by atoms with Gasteiger partial charge >= 0.3 is 0 Å². The standard InChI is InChI=1S/C13H16IN3O2/c1-9(2)16-17-13(19)8-7-12(18)15-11-5-3-10(14)4-6-11/h3-6H,7-8H2,1-2H3,(H,15,18)(H,17,19). The molecule has 0 saturated heterocycles. The van der Waals surface area contributed by atoms with Crippen LogP contribution in [0.2, 0.25) is 0 Å². The van der Waals surface area contributed by atoms with E-state index in [4.69, 9.17) is 0 Å². The summed E-state index contributed by atoms with van der Waals surface area (Å²) in [5.41, 5.74) is 3.87. The molecule has 1 rings (SSSR count). The van der Waals surface area contributed by atoms with Gasteiger partial charge in [-0.15, -0.1) is 0 Å². The van der Waals surface area contributed by atoms with Gasteiger partial charge in [0.25, 0.3) is 0 Å². The largest absolute Gasteiger partial charge is 0.326 e. The number of halogens is 1. The molecule has 0 unspecified atom stereocenters. The van der Waals surface area contributed by atoms with Crippen molar-refractivity contribution in [1.82, 2.24) is 5.43 Å². The van der Waals surface area contributed by atoms with Gasteiger partial charge < -0.3 is 5.32 Å². The van der Waals surface area contributed by atoms with E-state index in [9.17, 15) is 9.59 Å². The average Bonchev–Trinajstić information content (AvgIpc) is 2.36. The Kier molecular flexibility index (Phi) is 6.48. The molecule has 0 aromatic heterocycles. The van der Waals surface area contributed by atoms with Crippen LogP contribution >= 0.6 is 22.6 Å². The van der Waals surface area contributed by atoms with Gasteiger partial charge in [-0.3, -0.25) is 9.59 Å². The van der Waals surface area contributed by atoms with Crippen molar-refractivity contribution < 1.29 is 9.59 Å². The Morgan fingerprint density at radius 3 is 2.26 bits per heavy atom. The summed E-state index contributed by atoms with van der Waals surface area (Å²) < 4.78 is 1.10. The Morgan fingerprint density at radius 1 is 1.11 bits per heavy atom. The van der Waals surface area contributed by atoms with E-state index >= 15 is 0 Å². The zero-order valence-electron chi connectivity index (χ0n) is 10.9. The van der Waals surface area contributed by atoms with E-state index in [2.05, 4.69) is 38.4 Å². The van der Waals surface area contributed by atoms with Crippen LogP contribution in [0.15, 0.2) is 29.4 Å². The van der Waals surface area contributed by atoms with E-state index in [1.54, 1.807) is 13.8 Å². The lowest BCUT2D eigenvalue weighted by atomic mass is 10.2. The fraction of sp³-hybridized carbons (Fsp3) is 0.308. The number of hydrazone groups is 1. The van der Waals surface area contributed by atoms with Gasteiger partial charge in [0.1, 0.15) is 0 Å². The molecule has 0 fully saturated rings. The third-order valence-corrected chi connectivity index (χ3v) is 2.83. The molecule has 0 atom stereocenters. The van der Waals surface area contributed by atoms with Crippen molar-refractivity contribution in [2.45, 2.75) is 26.7 Å². The Bertz CT molecular complexity index is 479. The number of nitrogens with zero attached hydrogens (tertiary/aromatic N) is 1. The molecule has 0 saturated carbocycles. The molecule has 0 radical (unpaired) electrons. The molecule has 6 heteroatoms. The summed E-state index contributed by atoms with van der Waals surface area (Å²) in [7, 11) is 0. The van der Waals surface area contributed by atoms with Crippen LogP contribution in [0.25, 0.3) is 0 Å². The Hall–Kier alpha value is -1.44. The first-order valence-corrected chi connectivity index (χ1v) is 6.90. The average molecular weight is 373 g/mol. The molecule has 1 aromatic carbocycles. The number of benzene rings is 1. The summed E-state index contributed by atoms with van der Waals surface area (Å²) in [6.07, 6.45) is 0.253. The Morgan fingerprint density at radius 2 is 1.68 bits per heavy atom. The highest BCUT2D eigenvalue weighted by atomic mass is 127. The molecule has 0 aliphatic rings. The maximum atomic E-state index is 11.6. The molecule has 0 heterocycles. The monoisotopic (exact) mass is 373 g/mol. The summed E-state index contributed by atoms with van der Waals surface area (Å²) in [6, 6.07) is 7.46. The second kappa shape index (κ2) is 7.88. The third kappa shape index (κ3) is 6.90. The molecule has 5 nitrogen and oxygen atoms in total. The van der Waals surface area contributed by atoms with Gasteiger partial charge in [-0.05, 0) is 60.7 Å². The molecule has 19 heavy (non-hydrogen) atoms. The number of amides is 2. The third-order valence-electron chi connectivity index (χ3n) is 2.11. The van der Waals surface area contributed by atoms with Gasteiger partial charge in [-0.1, -0.05) is 0 Å². The minimum absolute atomic E-state index is 0.118. The van der Waals surface area contributed by atoms with Crippen LogP contribution in [0.1, 0.15) is 26.7 Å². The number of hydrogen-bond donors (Lipinski definition) is 2. The molecular formula is C13H16IN3O2. The lowest BCUT2D eigenvalue weighted by molar-refractivity contribution is -0.124. The number of rotatable bonds is 5. The highest BCUT2D eigenvalue weighted by molar-refractivity contribution is 14.1. The fourth-order valence-corrected chi connectivity index (χ4v) is 1.57. The molecule has 0 bridgehead atoms. The summed E-state index contributed by atoms with van der Waals surface area (Å²) >= 11 is 2.19. The first-order valence-electron chi connectivity index (χ1n) is 5.82. The van der Waals surface area contributed by atoms with Crippen molar-refractivity contribution in [3.63, 3.8) is 0 Å². The highest BCUT2D eigenvalue weighted by Crippen LogP contribution is 2.11. The number of anilines is 1. The molecule has 1 aromatic rings. The van der Waals surface area contributed by atoms with Crippen molar-refractivity contribution in [1.29, 1.82) is 0 Å². The van der Waals surface area contributed by atoms with E-state index < -0.39 is 0 Å². The summed E-state index contributed by atoms with van der Waals surface area (Å²) in [6.45, 7) is 3.56. The quantitative estimate of drug-likeness (QED) is 0.473. The van der Waals surface area contributed by atoms with E-state index in [1.165, 1.54) is 0 Å². The minimum Gasteiger partial charge on any atom is -0.326 e. The van der Waals surface area contributed by atoms with E-state index in [0.717, 1.165) is 15.0 Å². The van der Waals surface area contributed by atoms with Crippen LogP contribution in [0.5, 0.6) is 0 Å². The van der Waals surface area contributed by atoms with Crippen LogP contribution < -0.4 is 10.7 Å². The van der Waals surface area contributed by atoms with Gasteiger partial charge in [0.15, 0.2) is 0 Å².